The average Bonchev–Trinajstić information content (AvgIpc) is 2.86. The van der Waals surface area contributed by atoms with Gasteiger partial charge in [0.05, 0.1) is 29.6 Å². The summed E-state index contributed by atoms with van der Waals surface area (Å²) in [5.41, 5.74) is 2.63. The first-order valence-corrected chi connectivity index (χ1v) is 9.12. The molecule has 0 aliphatic carbocycles. The van der Waals surface area contributed by atoms with Crippen molar-refractivity contribution in [1.82, 2.24) is 9.78 Å². The normalized spacial score (nSPS) is 16.3. The number of aryl methyl sites for hydroxylation is 2. The number of carbonyl (C=O) groups excluding carboxylic acids is 2. The van der Waals surface area contributed by atoms with Crippen LogP contribution < -0.4 is 5.32 Å². The van der Waals surface area contributed by atoms with E-state index >= 15 is 0 Å². The molecule has 3 rings (SSSR count). The number of benzene rings is 1. The van der Waals surface area contributed by atoms with Gasteiger partial charge in [-0.3, -0.25) is 14.3 Å². The van der Waals surface area contributed by atoms with Crippen molar-refractivity contribution >= 4 is 40.9 Å². The van der Waals surface area contributed by atoms with Crippen molar-refractivity contribution in [3.8, 4) is 0 Å². The molecule has 8 heteroatoms. The quantitative estimate of drug-likeness (QED) is 0.807. The van der Waals surface area contributed by atoms with Gasteiger partial charge in [-0.1, -0.05) is 11.6 Å². The number of aromatic nitrogens is 2. The van der Waals surface area contributed by atoms with E-state index < -0.39 is 11.2 Å². The first kappa shape index (κ1) is 17.8. The maximum atomic E-state index is 12.1. The van der Waals surface area contributed by atoms with Crippen LogP contribution in [0.3, 0.4) is 0 Å². The van der Waals surface area contributed by atoms with E-state index in [1.165, 1.54) is 11.8 Å². The minimum atomic E-state index is -0.505. The molecule has 0 saturated carbocycles. The fourth-order valence-corrected chi connectivity index (χ4v) is 3.86. The Hall–Kier alpha value is -1.99. The van der Waals surface area contributed by atoms with Crippen LogP contribution in [0.15, 0.2) is 29.2 Å². The van der Waals surface area contributed by atoms with Gasteiger partial charge < -0.3 is 10.1 Å². The molecular formula is C17H18ClN3O3S. The van der Waals surface area contributed by atoms with E-state index in [9.17, 15) is 9.59 Å². The summed E-state index contributed by atoms with van der Waals surface area (Å²) in [6, 6.07) is 7.26. The monoisotopic (exact) mass is 379 g/mol. The minimum Gasteiger partial charge on any atom is -0.464 e. The van der Waals surface area contributed by atoms with Crippen LogP contribution in [0.1, 0.15) is 17.8 Å². The molecule has 0 spiro atoms. The Bertz CT molecular complexity index is 821. The molecule has 1 aromatic carbocycles. The van der Waals surface area contributed by atoms with Gasteiger partial charge in [-0.15, -0.1) is 11.8 Å². The van der Waals surface area contributed by atoms with Crippen LogP contribution >= 0.6 is 23.4 Å². The third kappa shape index (κ3) is 4.35. The molecule has 1 aliphatic rings. The first-order valence-electron chi connectivity index (χ1n) is 7.86. The zero-order chi connectivity index (χ0) is 18.0. The second kappa shape index (κ2) is 7.49. The number of hydrogen-bond donors (Lipinski definition) is 1. The zero-order valence-corrected chi connectivity index (χ0v) is 15.5. The predicted octanol–water partition coefficient (Wildman–Crippen LogP) is 3.20. The molecule has 1 atom stereocenters. The van der Waals surface area contributed by atoms with Crippen LogP contribution in [-0.2, 0) is 20.9 Å². The Labute approximate surface area is 154 Å². The van der Waals surface area contributed by atoms with E-state index in [0.717, 1.165) is 16.3 Å². The van der Waals surface area contributed by atoms with Gasteiger partial charge in [-0.05, 0) is 38.1 Å². The molecule has 6 nitrogen and oxygen atoms in total. The number of anilines is 1. The van der Waals surface area contributed by atoms with E-state index in [-0.39, 0.29) is 18.9 Å². The largest absolute Gasteiger partial charge is 0.464 e. The van der Waals surface area contributed by atoms with Crippen molar-refractivity contribution in [2.24, 2.45) is 0 Å². The zero-order valence-electron chi connectivity index (χ0n) is 13.9. The summed E-state index contributed by atoms with van der Waals surface area (Å²) in [7, 11) is 0. The number of esters is 1. The van der Waals surface area contributed by atoms with Crippen molar-refractivity contribution in [3.05, 3.63) is 40.7 Å². The number of halogens is 1. The van der Waals surface area contributed by atoms with Gasteiger partial charge >= 0.3 is 5.97 Å². The third-order valence-electron chi connectivity index (χ3n) is 3.78. The number of fused-ring (bicyclic) bond motifs is 1. The molecule has 0 saturated heterocycles. The predicted molar refractivity (Wildman–Crippen MR) is 97.0 cm³/mol. The van der Waals surface area contributed by atoms with Crippen molar-refractivity contribution in [1.29, 1.82) is 0 Å². The van der Waals surface area contributed by atoms with E-state index in [4.69, 9.17) is 16.3 Å². The average molecular weight is 380 g/mol. The van der Waals surface area contributed by atoms with Crippen molar-refractivity contribution in [3.63, 3.8) is 0 Å². The van der Waals surface area contributed by atoms with Gasteiger partial charge in [-0.2, -0.15) is 5.10 Å². The number of thioether (sulfide) groups is 1. The van der Waals surface area contributed by atoms with Gasteiger partial charge in [0.2, 0.25) is 5.91 Å². The van der Waals surface area contributed by atoms with Gasteiger partial charge in [0, 0.05) is 15.6 Å². The highest BCUT2D eigenvalue weighted by Gasteiger charge is 2.29. The number of amides is 1. The van der Waals surface area contributed by atoms with Crippen LogP contribution in [0.25, 0.3) is 0 Å². The summed E-state index contributed by atoms with van der Waals surface area (Å²) in [5.74, 6) is -0.609. The van der Waals surface area contributed by atoms with Gasteiger partial charge in [0.15, 0.2) is 0 Å². The molecule has 2 heterocycles. The fourth-order valence-electron chi connectivity index (χ4n) is 2.61. The molecule has 1 amide bonds. The molecular weight excluding hydrogens is 362 g/mol. The minimum absolute atomic E-state index is 0.0235. The smallest absolute Gasteiger partial charge is 0.307 e. The molecule has 2 aromatic rings. The Balaban J connectivity index is 1.52. The number of nitrogens with one attached hydrogen (secondary N) is 1. The number of carbonyl (C=O) groups is 2. The molecule has 1 N–H and O–H groups in total. The van der Waals surface area contributed by atoms with Crippen LogP contribution in [-0.4, -0.2) is 33.5 Å². The maximum Gasteiger partial charge on any atom is 0.307 e. The van der Waals surface area contributed by atoms with Crippen molar-refractivity contribution in [2.75, 3.05) is 11.9 Å². The number of nitrogens with zero attached hydrogens (tertiary/aromatic N) is 2. The summed E-state index contributed by atoms with van der Waals surface area (Å²) < 4.78 is 7.05. The lowest BCUT2D eigenvalue weighted by Gasteiger charge is -2.23. The second-order valence-corrected chi connectivity index (χ2v) is 7.49. The number of rotatable bonds is 5. The van der Waals surface area contributed by atoms with E-state index in [1.54, 1.807) is 16.8 Å². The molecule has 1 aliphatic heterocycles. The highest BCUT2D eigenvalue weighted by Crippen LogP contribution is 2.38. The van der Waals surface area contributed by atoms with Crippen LogP contribution in [0, 0.1) is 13.8 Å². The summed E-state index contributed by atoms with van der Waals surface area (Å²) >= 11 is 7.27. The van der Waals surface area contributed by atoms with Crippen molar-refractivity contribution < 1.29 is 14.3 Å². The molecule has 0 bridgehead atoms. The highest BCUT2D eigenvalue weighted by atomic mass is 35.5. The Kier molecular flexibility index (Phi) is 5.34. The lowest BCUT2D eigenvalue weighted by Crippen LogP contribution is -2.31. The highest BCUT2D eigenvalue weighted by molar-refractivity contribution is 8.01. The first-order chi connectivity index (χ1) is 11.9. The third-order valence-corrected chi connectivity index (χ3v) is 5.29. The van der Waals surface area contributed by atoms with Crippen LogP contribution in [0.4, 0.5) is 5.69 Å². The van der Waals surface area contributed by atoms with Crippen LogP contribution in [0.2, 0.25) is 5.02 Å². The van der Waals surface area contributed by atoms with Gasteiger partial charge in [0.25, 0.3) is 0 Å². The molecule has 0 unspecified atom stereocenters. The SMILES string of the molecule is Cc1cc(C)n(CCOC(=O)C[C@H]2Sc3ccc(Cl)cc3NC2=O)n1. The Morgan fingerprint density at radius 3 is 2.92 bits per heavy atom. The van der Waals surface area contributed by atoms with E-state index in [0.29, 0.717) is 17.3 Å². The Morgan fingerprint density at radius 2 is 2.20 bits per heavy atom. The standard InChI is InChI=1S/C17H18ClN3O3S/c1-10-7-11(2)21(20-10)5-6-24-16(22)9-15-17(23)19-13-8-12(18)3-4-14(13)25-15/h3-4,7-8,15H,5-6,9H2,1-2H3,(H,19,23)/t15-/m1/s1. The van der Waals surface area contributed by atoms with Gasteiger partial charge in [0.1, 0.15) is 6.61 Å². The molecule has 0 fully saturated rings. The van der Waals surface area contributed by atoms with E-state index in [1.807, 2.05) is 26.0 Å². The summed E-state index contributed by atoms with van der Waals surface area (Å²) in [4.78, 5) is 25.1. The molecule has 0 radical (unpaired) electrons. The maximum absolute atomic E-state index is 12.1. The van der Waals surface area contributed by atoms with Crippen molar-refractivity contribution in [2.45, 2.75) is 37.0 Å². The summed E-state index contributed by atoms with van der Waals surface area (Å²) in [6.07, 6.45) is 0.0235. The molecule has 25 heavy (non-hydrogen) atoms. The summed E-state index contributed by atoms with van der Waals surface area (Å²) in [6.45, 7) is 4.59. The topological polar surface area (TPSA) is 73.2 Å². The van der Waals surface area contributed by atoms with Gasteiger partial charge in [-0.25, -0.2) is 0 Å². The summed E-state index contributed by atoms with van der Waals surface area (Å²) in [5, 5.41) is 7.15. The molecule has 1 aromatic heterocycles. The Morgan fingerprint density at radius 1 is 1.40 bits per heavy atom. The second-order valence-electron chi connectivity index (χ2n) is 5.81. The lowest BCUT2D eigenvalue weighted by molar-refractivity contribution is -0.144. The number of ether oxygens (including phenoxy) is 1. The number of hydrogen-bond acceptors (Lipinski definition) is 5. The lowest BCUT2D eigenvalue weighted by atomic mass is 10.2. The van der Waals surface area contributed by atoms with E-state index in [2.05, 4.69) is 10.4 Å². The fraction of sp³-hybridized carbons (Fsp3) is 0.353. The van der Waals surface area contributed by atoms with Crippen LogP contribution in [0.5, 0.6) is 0 Å². The molecule has 132 valence electrons.